The van der Waals surface area contributed by atoms with Crippen molar-refractivity contribution >= 4 is 78.9 Å². The van der Waals surface area contributed by atoms with E-state index in [0.29, 0.717) is 11.4 Å². The molecule has 3 aliphatic rings. The lowest BCUT2D eigenvalue weighted by molar-refractivity contribution is -0.146. The van der Waals surface area contributed by atoms with Crippen molar-refractivity contribution in [2.45, 2.75) is 0 Å². The second-order valence-electron chi connectivity index (χ2n) is 16.7. The number of carbonyl (C=O) groups excluding carboxylic acids is 4. The average Bonchev–Trinajstić information content (AvgIpc) is 3.97. The van der Waals surface area contributed by atoms with Crippen molar-refractivity contribution in [3.8, 4) is 33.9 Å². The van der Waals surface area contributed by atoms with Gasteiger partial charge in [0.1, 0.15) is 11.6 Å². The Hall–Kier alpha value is -8.50. The van der Waals surface area contributed by atoms with Crippen LogP contribution in [0.3, 0.4) is 0 Å². The first-order valence-electron chi connectivity index (χ1n) is 21.3. The molecule has 4 atom stereocenters. The summed E-state index contributed by atoms with van der Waals surface area (Å²) in [4.78, 5) is 68.8. The SMILES string of the molecule is O=C1C2C(C(=O)N1c1cccc(-c3ccc4c(c3)c3ccccc3n4-c3ccccc3)n1)C1C(=O)N(c3cccc(-c4ccc5c6ccccc6n(-c6ccccc6)c5c4)n3)C(=O)C21. The molecule has 10 nitrogen and oxygen atoms in total. The summed E-state index contributed by atoms with van der Waals surface area (Å²) in [7, 11) is 0. The molecule has 1 saturated carbocycles. The van der Waals surface area contributed by atoms with E-state index in [0.717, 1.165) is 75.9 Å². The number of amides is 4. The van der Waals surface area contributed by atoms with Crippen LogP contribution in [-0.2, 0) is 19.2 Å². The molecule has 0 radical (unpaired) electrons. The van der Waals surface area contributed by atoms with Gasteiger partial charge in [0.15, 0.2) is 0 Å². The van der Waals surface area contributed by atoms with Crippen LogP contribution in [0.25, 0.3) is 77.5 Å². The van der Waals surface area contributed by atoms with Gasteiger partial charge in [0.2, 0.25) is 23.6 Å². The molecule has 13 rings (SSSR count). The number of carbonyl (C=O) groups is 4. The van der Waals surface area contributed by atoms with Crippen LogP contribution in [-0.4, -0.2) is 42.7 Å². The van der Waals surface area contributed by atoms with Crippen LogP contribution in [0.5, 0.6) is 0 Å². The second-order valence-corrected chi connectivity index (χ2v) is 16.7. The van der Waals surface area contributed by atoms with E-state index in [1.807, 2.05) is 84.9 Å². The summed E-state index contributed by atoms with van der Waals surface area (Å²) in [6.45, 7) is 0. The standard InChI is InChI=1S/C54H34N6O4/c61-51-47-48(52(62)59(51)45-23-11-19-39(55-45)31-26-28-43-38(29-31)36-18-8-10-22-42(36)57(43)33-13-3-1-4-14-33)50-49(47)53(63)60(54(50)64)46-24-12-20-40(56-46)32-25-27-37-35-17-7-9-21-41(35)58(44(37)30-32)34-15-5-2-6-16-34/h1-30,47-50H. The number of benzene rings is 6. The van der Waals surface area contributed by atoms with Crippen LogP contribution in [0.1, 0.15) is 0 Å². The number of hydrogen-bond acceptors (Lipinski definition) is 6. The van der Waals surface area contributed by atoms with E-state index in [-0.39, 0.29) is 11.6 Å². The topological polar surface area (TPSA) is 110 Å². The lowest BCUT2D eigenvalue weighted by atomic mass is 9.59. The predicted molar refractivity (Wildman–Crippen MR) is 247 cm³/mol. The first kappa shape index (κ1) is 36.2. The molecule has 10 heteroatoms. The van der Waals surface area contributed by atoms with Gasteiger partial charge in [-0.3, -0.25) is 19.2 Å². The minimum absolute atomic E-state index is 0.165. The molecule has 64 heavy (non-hydrogen) atoms. The van der Waals surface area contributed by atoms with Crippen LogP contribution in [0.15, 0.2) is 182 Å². The molecule has 6 aromatic carbocycles. The first-order chi connectivity index (χ1) is 31.4. The van der Waals surface area contributed by atoms with Gasteiger partial charge in [-0.1, -0.05) is 103 Å². The minimum Gasteiger partial charge on any atom is -0.309 e. The van der Waals surface area contributed by atoms with Gasteiger partial charge in [0, 0.05) is 44.0 Å². The summed E-state index contributed by atoms with van der Waals surface area (Å²) in [5.41, 5.74) is 9.04. The normalized spacial score (nSPS) is 19.3. The number of para-hydroxylation sites is 4. The zero-order valence-corrected chi connectivity index (χ0v) is 33.9. The van der Waals surface area contributed by atoms with E-state index in [9.17, 15) is 19.2 Å². The maximum absolute atomic E-state index is 14.2. The number of rotatable bonds is 6. The number of fused-ring (bicyclic) bond motifs is 10. The van der Waals surface area contributed by atoms with Gasteiger partial charge in [-0.05, 0) is 78.9 Å². The third-order valence-electron chi connectivity index (χ3n) is 13.5. The van der Waals surface area contributed by atoms with Crippen molar-refractivity contribution in [2.24, 2.45) is 23.7 Å². The fourth-order valence-electron chi connectivity index (χ4n) is 10.6. The lowest BCUT2D eigenvalue weighted by Gasteiger charge is -2.36. The highest BCUT2D eigenvalue weighted by atomic mass is 16.2. The van der Waals surface area contributed by atoms with E-state index in [1.54, 1.807) is 24.3 Å². The van der Waals surface area contributed by atoms with Crippen LogP contribution < -0.4 is 9.80 Å². The summed E-state index contributed by atoms with van der Waals surface area (Å²) in [6.07, 6.45) is 0. The number of aromatic nitrogens is 4. The van der Waals surface area contributed by atoms with Gasteiger partial charge in [-0.15, -0.1) is 0 Å². The summed E-state index contributed by atoms with van der Waals surface area (Å²) >= 11 is 0. The van der Waals surface area contributed by atoms with Crippen molar-refractivity contribution in [3.63, 3.8) is 0 Å². The molecule has 0 bridgehead atoms. The zero-order valence-electron chi connectivity index (χ0n) is 33.9. The fraction of sp³-hybridized carbons (Fsp3) is 0.0741. The molecule has 3 fully saturated rings. The molecule has 2 saturated heterocycles. The highest BCUT2D eigenvalue weighted by Gasteiger charge is 2.74. The molecule has 1 aliphatic carbocycles. The lowest BCUT2D eigenvalue weighted by Crippen LogP contribution is -2.50. The Labute approximate surface area is 365 Å². The number of nitrogens with zero attached hydrogens (tertiary/aromatic N) is 6. The third kappa shape index (κ3) is 5.01. The number of anilines is 2. The molecule has 4 unspecified atom stereocenters. The molecular weight excluding hydrogens is 797 g/mol. The highest BCUT2D eigenvalue weighted by molar-refractivity contribution is 6.32. The Kier molecular flexibility index (Phi) is 7.63. The molecule has 4 aromatic heterocycles. The summed E-state index contributed by atoms with van der Waals surface area (Å²) in [6, 6.07) is 59.7. The highest BCUT2D eigenvalue weighted by Crippen LogP contribution is 2.57. The van der Waals surface area contributed by atoms with E-state index in [4.69, 9.17) is 9.97 Å². The van der Waals surface area contributed by atoms with Crippen LogP contribution in [0.4, 0.5) is 11.6 Å². The van der Waals surface area contributed by atoms with Crippen LogP contribution >= 0.6 is 0 Å². The molecule has 4 amide bonds. The maximum Gasteiger partial charge on any atom is 0.239 e. The smallest absolute Gasteiger partial charge is 0.239 e. The Morgan fingerprint density at radius 1 is 0.328 bits per heavy atom. The van der Waals surface area contributed by atoms with Crippen molar-refractivity contribution in [2.75, 3.05) is 9.80 Å². The zero-order chi connectivity index (χ0) is 42.8. The van der Waals surface area contributed by atoms with E-state index >= 15 is 0 Å². The average molecular weight is 831 g/mol. The van der Waals surface area contributed by atoms with Gasteiger partial charge in [0.05, 0.1) is 57.1 Å². The van der Waals surface area contributed by atoms with Gasteiger partial charge in [0.25, 0.3) is 0 Å². The molecule has 10 aromatic rings. The number of imide groups is 2. The van der Waals surface area contributed by atoms with Crippen molar-refractivity contribution in [1.82, 2.24) is 19.1 Å². The molecule has 2 aliphatic heterocycles. The predicted octanol–water partition coefficient (Wildman–Crippen LogP) is 9.93. The largest absolute Gasteiger partial charge is 0.309 e. The molecular formula is C54H34N6O4. The molecule has 0 N–H and O–H groups in total. The van der Waals surface area contributed by atoms with Gasteiger partial charge in [-0.2, -0.15) is 0 Å². The second kappa shape index (κ2) is 13.5. The Morgan fingerprint density at radius 2 is 0.734 bits per heavy atom. The molecule has 0 spiro atoms. The monoisotopic (exact) mass is 830 g/mol. The summed E-state index contributed by atoms with van der Waals surface area (Å²) in [5.74, 6) is -5.60. The van der Waals surface area contributed by atoms with Gasteiger partial charge < -0.3 is 9.13 Å². The maximum atomic E-state index is 14.2. The van der Waals surface area contributed by atoms with Crippen LogP contribution in [0.2, 0.25) is 0 Å². The quantitative estimate of drug-likeness (QED) is 0.154. The van der Waals surface area contributed by atoms with E-state index in [2.05, 4.69) is 81.9 Å². The van der Waals surface area contributed by atoms with Crippen molar-refractivity contribution < 1.29 is 19.2 Å². The minimum atomic E-state index is -0.963. The van der Waals surface area contributed by atoms with Crippen LogP contribution in [0, 0.1) is 23.7 Å². The Morgan fingerprint density at radius 3 is 1.27 bits per heavy atom. The van der Waals surface area contributed by atoms with Gasteiger partial charge >= 0.3 is 0 Å². The van der Waals surface area contributed by atoms with E-state index in [1.165, 1.54) is 0 Å². The van der Waals surface area contributed by atoms with Crippen molar-refractivity contribution in [1.29, 1.82) is 0 Å². The Bertz CT molecular complexity index is 3610. The summed E-state index contributed by atoms with van der Waals surface area (Å²) in [5, 5.41) is 4.33. The number of pyridine rings is 2. The molecule has 304 valence electrons. The third-order valence-corrected chi connectivity index (χ3v) is 13.5. The molecule has 6 heterocycles. The Balaban J connectivity index is 0.799. The van der Waals surface area contributed by atoms with E-state index < -0.39 is 47.3 Å². The number of hydrogen-bond donors (Lipinski definition) is 0. The summed E-state index contributed by atoms with van der Waals surface area (Å²) < 4.78 is 4.45. The fourth-order valence-corrected chi connectivity index (χ4v) is 10.6. The first-order valence-corrected chi connectivity index (χ1v) is 21.3. The van der Waals surface area contributed by atoms with Crippen molar-refractivity contribution in [3.05, 3.63) is 182 Å². The van der Waals surface area contributed by atoms with Gasteiger partial charge in [-0.25, -0.2) is 19.8 Å².